The minimum Gasteiger partial charge on any atom is -0.346 e. The number of ketones is 1. The second kappa shape index (κ2) is 5.41. The lowest BCUT2D eigenvalue weighted by Gasteiger charge is -2.19. The summed E-state index contributed by atoms with van der Waals surface area (Å²) in [6.07, 6.45) is 0. The Kier molecular flexibility index (Phi) is 3.34. The van der Waals surface area contributed by atoms with E-state index in [1.807, 2.05) is 26.0 Å². The number of benzene rings is 2. The van der Waals surface area contributed by atoms with E-state index in [1.165, 1.54) is 11.1 Å². The molecular weight excluding hydrogens is 298 g/mol. The summed E-state index contributed by atoms with van der Waals surface area (Å²) in [4.78, 5) is 23.8. The first kappa shape index (κ1) is 14.8. The fraction of sp³-hybridized carbons (Fsp3) is 0.250. The highest BCUT2D eigenvalue weighted by atomic mass is 16.1. The van der Waals surface area contributed by atoms with E-state index in [4.69, 9.17) is 9.97 Å². The van der Waals surface area contributed by atoms with Crippen molar-refractivity contribution >= 4 is 22.6 Å². The average Bonchev–Trinajstić information content (AvgIpc) is 2.96. The van der Waals surface area contributed by atoms with Gasteiger partial charge in [-0.05, 0) is 49.6 Å². The summed E-state index contributed by atoms with van der Waals surface area (Å²) in [5.41, 5.74) is 6.72. The molecule has 0 bridgehead atoms. The fourth-order valence-corrected chi connectivity index (χ4v) is 3.43. The van der Waals surface area contributed by atoms with E-state index in [0.717, 1.165) is 35.7 Å². The third-order valence-corrected chi connectivity index (χ3v) is 4.58. The van der Waals surface area contributed by atoms with Gasteiger partial charge in [0.15, 0.2) is 11.6 Å². The molecule has 0 aliphatic carbocycles. The van der Waals surface area contributed by atoms with Crippen molar-refractivity contribution in [3.63, 3.8) is 0 Å². The Hall–Kier alpha value is -2.75. The molecule has 0 saturated heterocycles. The smallest absolute Gasteiger partial charge is 0.162 e. The van der Waals surface area contributed by atoms with Crippen LogP contribution in [-0.4, -0.2) is 15.8 Å². The van der Waals surface area contributed by atoms with Gasteiger partial charge in [-0.25, -0.2) is 9.97 Å². The zero-order valence-electron chi connectivity index (χ0n) is 14.1. The normalized spacial score (nSPS) is 13.4. The first-order chi connectivity index (χ1) is 11.5. The molecule has 24 heavy (non-hydrogen) atoms. The molecule has 3 aromatic rings. The van der Waals surface area contributed by atoms with Gasteiger partial charge in [-0.3, -0.25) is 4.79 Å². The van der Waals surface area contributed by atoms with Crippen LogP contribution < -0.4 is 4.90 Å². The summed E-state index contributed by atoms with van der Waals surface area (Å²) in [6.45, 7) is 7.21. The molecule has 120 valence electrons. The molecule has 0 fully saturated rings. The van der Waals surface area contributed by atoms with Gasteiger partial charge in [-0.1, -0.05) is 24.3 Å². The van der Waals surface area contributed by atoms with Gasteiger partial charge in [0.1, 0.15) is 5.52 Å². The molecule has 0 radical (unpaired) electrons. The van der Waals surface area contributed by atoms with Crippen LogP contribution in [0.5, 0.6) is 0 Å². The molecule has 1 aliphatic heterocycles. The average molecular weight is 317 g/mol. The summed E-state index contributed by atoms with van der Waals surface area (Å²) in [7, 11) is 0. The molecule has 4 nitrogen and oxygen atoms in total. The maximum atomic E-state index is 12.0. The van der Waals surface area contributed by atoms with Crippen molar-refractivity contribution in [2.75, 3.05) is 4.90 Å². The molecule has 1 aliphatic rings. The highest BCUT2D eigenvalue weighted by molar-refractivity contribution is 6.05. The number of rotatable bonds is 2. The Morgan fingerprint density at radius 1 is 1.04 bits per heavy atom. The van der Waals surface area contributed by atoms with Gasteiger partial charge in [0, 0.05) is 18.7 Å². The molecule has 0 N–H and O–H groups in total. The summed E-state index contributed by atoms with van der Waals surface area (Å²) in [5, 5.41) is 0. The predicted molar refractivity (Wildman–Crippen MR) is 95.3 cm³/mol. The number of anilines is 1. The lowest BCUT2D eigenvalue weighted by atomic mass is 10.1. The molecule has 4 heteroatoms. The Labute approximate surface area is 141 Å². The molecular formula is C20H19N3O. The third-order valence-electron chi connectivity index (χ3n) is 4.58. The van der Waals surface area contributed by atoms with Crippen molar-refractivity contribution in [3.8, 4) is 0 Å². The molecule has 4 rings (SSSR count). The van der Waals surface area contributed by atoms with Crippen LogP contribution in [0.3, 0.4) is 0 Å². The van der Waals surface area contributed by atoms with Gasteiger partial charge in [-0.2, -0.15) is 0 Å². The first-order valence-electron chi connectivity index (χ1n) is 8.14. The highest BCUT2D eigenvalue weighted by Gasteiger charge is 2.23. The number of carbonyl (C=O) groups excluding carboxylic acids is 1. The Morgan fingerprint density at radius 2 is 1.71 bits per heavy atom. The number of aryl methyl sites for hydroxylation is 2. The van der Waals surface area contributed by atoms with Gasteiger partial charge >= 0.3 is 0 Å². The van der Waals surface area contributed by atoms with Crippen LogP contribution in [0.25, 0.3) is 11.0 Å². The minimum absolute atomic E-state index is 0.0255. The molecule has 0 unspecified atom stereocenters. The molecule has 2 aromatic carbocycles. The highest BCUT2D eigenvalue weighted by Crippen LogP contribution is 2.30. The summed E-state index contributed by atoms with van der Waals surface area (Å²) in [6, 6.07) is 12.3. The Balaban J connectivity index is 1.85. The van der Waals surface area contributed by atoms with Crippen LogP contribution in [0.1, 0.15) is 39.7 Å². The molecule has 0 amide bonds. The van der Waals surface area contributed by atoms with Crippen LogP contribution in [0.2, 0.25) is 0 Å². The fourth-order valence-electron chi connectivity index (χ4n) is 3.43. The monoisotopic (exact) mass is 317 g/mol. The van der Waals surface area contributed by atoms with E-state index in [-0.39, 0.29) is 5.78 Å². The minimum atomic E-state index is 0.0255. The largest absolute Gasteiger partial charge is 0.346 e. The lowest BCUT2D eigenvalue weighted by molar-refractivity contribution is 0.101. The maximum absolute atomic E-state index is 12.0. The van der Waals surface area contributed by atoms with Gasteiger partial charge < -0.3 is 4.90 Å². The zero-order chi connectivity index (χ0) is 16.8. The first-order valence-corrected chi connectivity index (χ1v) is 8.14. The van der Waals surface area contributed by atoms with Crippen molar-refractivity contribution in [1.29, 1.82) is 0 Å². The van der Waals surface area contributed by atoms with Crippen LogP contribution in [-0.2, 0) is 13.1 Å². The van der Waals surface area contributed by atoms with Crippen LogP contribution >= 0.6 is 0 Å². The number of carbonyl (C=O) groups is 1. The van der Waals surface area contributed by atoms with E-state index < -0.39 is 0 Å². The van der Waals surface area contributed by atoms with Crippen molar-refractivity contribution < 1.29 is 4.79 Å². The Bertz CT molecular complexity index is 953. The van der Waals surface area contributed by atoms with Gasteiger partial charge in [0.25, 0.3) is 0 Å². The predicted octanol–water partition coefficient (Wildman–Crippen LogP) is 3.97. The van der Waals surface area contributed by atoms with Gasteiger partial charge in [-0.15, -0.1) is 0 Å². The second-order valence-electron chi connectivity index (χ2n) is 6.49. The molecule has 0 atom stereocenters. The molecule has 1 aromatic heterocycles. The zero-order valence-corrected chi connectivity index (χ0v) is 14.1. The number of hydrogen-bond donors (Lipinski definition) is 0. The topological polar surface area (TPSA) is 46.1 Å². The van der Waals surface area contributed by atoms with Gasteiger partial charge in [0.2, 0.25) is 0 Å². The Morgan fingerprint density at radius 3 is 2.33 bits per heavy atom. The number of hydrogen-bond acceptors (Lipinski definition) is 4. The maximum Gasteiger partial charge on any atom is 0.162 e. The van der Waals surface area contributed by atoms with Crippen molar-refractivity contribution in [2.45, 2.75) is 33.9 Å². The van der Waals surface area contributed by atoms with Gasteiger partial charge in [0.05, 0.1) is 11.2 Å². The molecule has 0 spiro atoms. The van der Waals surface area contributed by atoms with E-state index in [9.17, 15) is 4.79 Å². The number of fused-ring (bicyclic) bond motifs is 2. The van der Waals surface area contributed by atoms with Crippen molar-refractivity contribution in [2.24, 2.45) is 0 Å². The summed E-state index contributed by atoms with van der Waals surface area (Å²) >= 11 is 0. The summed E-state index contributed by atoms with van der Waals surface area (Å²) < 4.78 is 0. The number of nitrogens with zero attached hydrogens (tertiary/aromatic N) is 3. The number of Topliss-reactive ketones (excluding diaryl/α,β-unsaturated/α-hetero) is 1. The molecule has 2 heterocycles. The van der Waals surface area contributed by atoms with Crippen molar-refractivity contribution in [3.05, 3.63) is 64.3 Å². The lowest BCUT2D eigenvalue weighted by Crippen LogP contribution is -2.18. The quantitative estimate of drug-likeness (QED) is 0.671. The SMILES string of the molecule is CC(=O)c1cc(C)cc2nc(C)c(N3Cc4ccccc4C3)nc12. The molecule has 0 saturated carbocycles. The second-order valence-corrected chi connectivity index (χ2v) is 6.49. The van der Waals surface area contributed by atoms with Crippen LogP contribution in [0, 0.1) is 13.8 Å². The van der Waals surface area contributed by atoms with Crippen molar-refractivity contribution in [1.82, 2.24) is 9.97 Å². The van der Waals surface area contributed by atoms with E-state index in [2.05, 4.69) is 29.2 Å². The van der Waals surface area contributed by atoms with E-state index >= 15 is 0 Å². The van der Waals surface area contributed by atoms with Crippen LogP contribution in [0.15, 0.2) is 36.4 Å². The standard InChI is InChI=1S/C20H19N3O/c1-12-8-17(14(3)24)19-18(9-12)21-13(2)20(22-19)23-10-15-6-4-5-7-16(15)11-23/h4-9H,10-11H2,1-3H3. The summed E-state index contributed by atoms with van der Waals surface area (Å²) in [5.74, 6) is 0.891. The van der Waals surface area contributed by atoms with E-state index in [1.54, 1.807) is 6.92 Å². The van der Waals surface area contributed by atoms with E-state index in [0.29, 0.717) is 11.1 Å². The number of aromatic nitrogens is 2. The van der Waals surface area contributed by atoms with Crippen LogP contribution in [0.4, 0.5) is 5.82 Å². The third kappa shape index (κ3) is 2.35.